The van der Waals surface area contributed by atoms with Gasteiger partial charge in [-0.2, -0.15) is 0 Å². The van der Waals surface area contributed by atoms with Crippen LogP contribution in [0.5, 0.6) is 0 Å². The van der Waals surface area contributed by atoms with Crippen LogP contribution < -0.4 is 4.90 Å². The van der Waals surface area contributed by atoms with Crippen LogP contribution >= 0.6 is 0 Å². The third-order valence-electron chi connectivity index (χ3n) is 8.75. The summed E-state index contributed by atoms with van der Waals surface area (Å²) >= 11 is 0. The van der Waals surface area contributed by atoms with Crippen LogP contribution in [0.3, 0.4) is 0 Å². The molecule has 0 radical (unpaired) electrons. The number of carbonyl (C=O) groups excluding carboxylic acids is 4. The number of likely N-dealkylation sites (tertiary alicyclic amines) is 1. The Labute approximate surface area is 276 Å². The van der Waals surface area contributed by atoms with Crippen LogP contribution in [0.15, 0.2) is 42.5 Å². The molecule has 3 fully saturated rings. The summed E-state index contributed by atoms with van der Waals surface area (Å²) in [6, 6.07) is 13.4. The second-order valence-electron chi connectivity index (χ2n) is 15.5. The molecule has 1 aromatic carbocycles. The number of hydrogen-bond donors (Lipinski definition) is 0. The fraction of sp³-hybridized carbons (Fsp3) is 0.583. The normalized spacial score (nSPS) is 25.4. The number of carbonyl (C=O) groups is 4. The largest absolute Gasteiger partial charge is 0.457 e. The van der Waals surface area contributed by atoms with Crippen molar-refractivity contribution in [1.29, 1.82) is 0 Å². The average molecular weight is 650 g/mol. The van der Waals surface area contributed by atoms with E-state index in [1.807, 2.05) is 77.1 Å². The van der Waals surface area contributed by atoms with Crippen LogP contribution in [0.4, 0.5) is 15.4 Å². The summed E-state index contributed by atoms with van der Waals surface area (Å²) in [6.45, 7) is 15.2. The molecule has 3 heterocycles. The van der Waals surface area contributed by atoms with Crippen molar-refractivity contribution >= 4 is 29.9 Å². The van der Waals surface area contributed by atoms with Crippen LogP contribution in [0, 0.1) is 18.3 Å². The molecule has 4 atom stereocenters. The molecule has 0 N–H and O–H groups in total. The summed E-state index contributed by atoms with van der Waals surface area (Å²) in [7, 11) is 0. The second kappa shape index (κ2) is 12.5. The lowest BCUT2D eigenvalue weighted by atomic mass is 9.89. The third kappa shape index (κ3) is 7.88. The molecule has 5 rings (SSSR count). The Hall–Kier alpha value is -4.15. The van der Waals surface area contributed by atoms with Gasteiger partial charge in [0.1, 0.15) is 23.1 Å². The van der Waals surface area contributed by atoms with Crippen molar-refractivity contribution in [3.63, 3.8) is 0 Å². The van der Waals surface area contributed by atoms with E-state index in [0.717, 1.165) is 11.1 Å². The quantitative estimate of drug-likeness (QED) is 0.257. The van der Waals surface area contributed by atoms with E-state index in [2.05, 4.69) is 0 Å². The number of aryl methyl sites for hydroxylation is 1. The number of esters is 2. The maximum atomic E-state index is 13.6. The molecule has 3 aliphatic rings. The number of anilines is 1. The summed E-state index contributed by atoms with van der Waals surface area (Å²) in [5.41, 5.74) is -0.942. The molecule has 2 bridgehead atoms. The lowest BCUT2D eigenvalue weighted by molar-refractivity contribution is -0.183. The van der Waals surface area contributed by atoms with E-state index < -0.39 is 46.5 Å². The van der Waals surface area contributed by atoms with E-state index in [1.54, 1.807) is 25.7 Å². The Morgan fingerprint density at radius 3 is 2.28 bits per heavy atom. The number of rotatable bonds is 7. The Bertz CT molecular complexity index is 1530. The van der Waals surface area contributed by atoms with Gasteiger partial charge in [0.15, 0.2) is 0 Å². The van der Waals surface area contributed by atoms with Crippen molar-refractivity contribution in [2.75, 3.05) is 18.0 Å². The fourth-order valence-electron chi connectivity index (χ4n) is 6.51. The summed E-state index contributed by atoms with van der Waals surface area (Å²) < 4.78 is 23.1. The number of nitrogens with zero attached hydrogens (tertiary/aromatic N) is 3. The predicted octanol–water partition coefficient (Wildman–Crippen LogP) is 6.14. The minimum absolute atomic E-state index is 0.128. The van der Waals surface area contributed by atoms with Crippen LogP contribution in [-0.2, 0) is 41.5 Å². The molecule has 1 aliphatic carbocycles. The van der Waals surface area contributed by atoms with Gasteiger partial charge in [0.05, 0.1) is 18.5 Å². The first-order chi connectivity index (χ1) is 21.8. The first-order valence-corrected chi connectivity index (χ1v) is 16.3. The van der Waals surface area contributed by atoms with E-state index in [4.69, 9.17) is 23.9 Å². The molecule has 11 heteroatoms. The molecule has 2 amide bonds. The first kappa shape index (κ1) is 34.2. The SMILES string of the molecule is Cc1cc(C[C@H]2CN(C(=O)OC(C)(C)C)C[C@H]2OC(=O)[C@]23CC[C@](C)(C2)C(=O)O3)nc(N(Cc2ccccc2)C(=O)OC(C)(C)C)c1. The highest BCUT2D eigenvalue weighted by Crippen LogP contribution is 2.54. The molecule has 254 valence electrons. The minimum Gasteiger partial charge on any atom is -0.457 e. The smallest absolute Gasteiger partial charge is 0.416 e. The van der Waals surface area contributed by atoms with Crippen LogP contribution in [0.25, 0.3) is 0 Å². The number of benzene rings is 1. The molecule has 1 saturated carbocycles. The summed E-state index contributed by atoms with van der Waals surface area (Å²) in [4.78, 5) is 60.7. The van der Waals surface area contributed by atoms with E-state index in [0.29, 0.717) is 30.8 Å². The Balaban J connectivity index is 1.41. The monoisotopic (exact) mass is 649 g/mol. The Morgan fingerprint density at radius 2 is 1.68 bits per heavy atom. The highest BCUT2D eigenvalue weighted by Gasteiger charge is 2.65. The summed E-state index contributed by atoms with van der Waals surface area (Å²) in [5.74, 6) is -0.861. The molecule has 2 aromatic rings. The molecule has 0 spiro atoms. The van der Waals surface area contributed by atoms with Crippen molar-refractivity contribution in [3.8, 4) is 0 Å². The molecule has 2 saturated heterocycles. The van der Waals surface area contributed by atoms with E-state index in [9.17, 15) is 19.2 Å². The van der Waals surface area contributed by atoms with Crippen molar-refractivity contribution in [1.82, 2.24) is 9.88 Å². The number of aromatic nitrogens is 1. The van der Waals surface area contributed by atoms with Gasteiger partial charge in [0.25, 0.3) is 0 Å². The first-order valence-electron chi connectivity index (χ1n) is 16.3. The third-order valence-corrected chi connectivity index (χ3v) is 8.75. The number of amides is 2. The standard InChI is InChI=1S/C36H47N3O8/c1-23-16-26(37-28(17-23)39(32(43)47-34(5,6)7)19-24-12-10-9-11-13-24)18-25-20-38(31(42)46-33(2,3)4)21-27(25)44-30(41)36-15-14-35(8,22-36)29(40)45-36/h9-13,16-17,25,27H,14-15,18-22H2,1-8H3/t25-,27+,35+,36-/m0/s1. The lowest BCUT2D eigenvalue weighted by Gasteiger charge is -2.28. The van der Waals surface area contributed by atoms with Crippen molar-refractivity contribution in [2.24, 2.45) is 11.3 Å². The highest BCUT2D eigenvalue weighted by molar-refractivity contribution is 5.91. The highest BCUT2D eigenvalue weighted by atomic mass is 16.6. The predicted molar refractivity (Wildman–Crippen MR) is 173 cm³/mol. The second-order valence-corrected chi connectivity index (χ2v) is 15.5. The molecular formula is C36H47N3O8. The molecular weight excluding hydrogens is 602 g/mol. The summed E-state index contributed by atoms with van der Waals surface area (Å²) in [5, 5.41) is 0. The van der Waals surface area contributed by atoms with Gasteiger partial charge in [-0.3, -0.25) is 9.69 Å². The zero-order valence-electron chi connectivity index (χ0n) is 28.8. The average Bonchev–Trinajstić information content (AvgIpc) is 3.59. The number of fused-ring (bicyclic) bond motifs is 2. The van der Waals surface area contributed by atoms with Crippen LogP contribution in [-0.4, -0.2) is 70.0 Å². The van der Waals surface area contributed by atoms with E-state index >= 15 is 0 Å². The van der Waals surface area contributed by atoms with Gasteiger partial charge >= 0.3 is 24.1 Å². The van der Waals surface area contributed by atoms with Gasteiger partial charge < -0.3 is 23.8 Å². The van der Waals surface area contributed by atoms with Crippen molar-refractivity contribution in [2.45, 2.75) is 111 Å². The van der Waals surface area contributed by atoms with Crippen LogP contribution in [0.1, 0.15) is 84.5 Å². The molecule has 1 aromatic heterocycles. The zero-order chi connectivity index (χ0) is 34.4. The van der Waals surface area contributed by atoms with Gasteiger partial charge in [0.2, 0.25) is 5.60 Å². The van der Waals surface area contributed by atoms with Crippen LogP contribution in [0.2, 0.25) is 0 Å². The minimum atomic E-state index is -1.30. The Kier molecular flexibility index (Phi) is 9.07. The maximum Gasteiger partial charge on any atom is 0.416 e. The van der Waals surface area contributed by atoms with Crippen molar-refractivity contribution in [3.05, 3.63) is 59.3 Å². The Morgan fingerprint density at radius 1 is 1.00 bits per heavy atom. The van der Waals surface area contributed by atoms with Crippen molar-refractivity contribution < 1.29 is 38.1 Å². The van der Waals surface area contributed by atoms with Gasteiger partial charge in [0, 0.05) is 24.6 Å². The van der Waals surface area contributed by atoms with E-state index in [1.165, 1.54) is 4.90 Å². The summed E-state index contributed by atoms with van der Waals surface area (Å²) in [6.07, 6.45) is -0.107. The molecule has 11 nitrogen and oxygen atoms in total. The number of hydrogen-bond acceptors (Lipinski definition) is 9. The van der Waals surface area contributed by atoms with Gasteiger partial charge in [-0.1, -0.05) is 30.3 Å². The van der Waals surface area contributed by atoms with Gasteiger partial charge in [-0.15, -0.1) is 0 Å². The topological polar surface area (TPSA) is 125 Å². The zero-order valence-corrected chi connectivity index (χ0v) is 28.8. The van der Waals surface area contributed by atoms with Gasteiger partial charge in [-0.05, 0) is 97.9 Å². The van der Waals surface area contributed by atoms with Gasteiger partial charge in [-0.25, -0.2) is 19.4 Å². The molecule has 47 heavy (non-hydrogen) atoms. The molecule has 2 aliphatic heterocycles. The number of ether oxygens (including phenoxy) is 4. The lowest BCUT2D eigenvalue weighted by Crippen LogP contribution is -2.43. The maximum absolute atomic E-state index is 13.6. The van der Waals surface area contributed by atoms with E-state index in [-0.39, 0.29) is 37.9 Å². The number of pyridine rings is 1. The fourth-order valence-corrected chi connectivity index (χ4v) is 6.51. The molecule has 0 unspecified atom stereocenters.